The van der Waals surface area contributed by atoms with Crippen molar-refractivity contribution in [1.29, 1.82) is 0 Å². The minimum absolute atomic E-state index is 0.177. The lowest BCUT2D eigenvalue weighted by atomic mass is 10.1. The Hall–Kier alpha value is -1.06. The highest BCUT2D eigenvalue weighted by Gasteiger charge is 2.08. The van der Waals surface area contributed by atoms with Gasteiger partial charge in [0.1, 0.15) is 0 Å². The molecular weight excluding hydrogens is 188 g/mol. The van der Waals surface area contributed by atoms with Gasteiger partial charge in [0.25, 0.3) is 0 Å². The summed E-state index contributed by atoms with van der Waals surface area (Å²) in [7, 11) is 0. The summed E-state index contributed by atoms with van der Waals surface area (Å²) < 4.78 is 0. The van der Waals surface area contributed by atoms with E-state index in [0.717, 1.165) is 11.3 Å². The molecule has 0 aliphatic rings. The van der Waals surface area contributed by atoms with Crippen LogP contribution in [0.25, 0.3) is 0 Å². The summed E-state index contributed by atoms with van der Waals surface area (Å²) in [5.74, 6) is 0. The summed E-state index contributed by atoms with van der Waals surface area (Å²) in [6.07, 6.45) is 0. The molecule has 0 spiro atoms. The van der Waals surface area contributed by atoms with Crippen LogP contribution in [0.5, 0.6) is 0 Å². The number of nitrogens with zero attached hydrogens (tertiary/aromatic N) is 1. The maximum atomic E-state index is 8.99. The van der Waals surface area contributed by atoms with Crippen molar-refractivity contribution in [1.82, 2.24) is 0 Å². The number of aliphatic hydroxyl groups excluding tert-OH is 1. The van der Waals surface area contributed by atoms with E-state index in [1.165, 1.54) is 0 Å². The second-order valence-corrected chi connectivity index (χ2v) is 3.88. The number of anilines is 1. The summed E-state index contributed by atoms with van der Waals surface area (Å²) in [6, 6.07) is 8.56. The third-order valence-corrected chi connectivity index (χ3v) is 2.47. The van der Waals surface area contributed by atoms with E-state index in [2.05, 4.69) is 30.9 Å². The predicted molar refractivity (Wildman–Crippen MR) is 63.9 cm³/mol. The van der Waals surface area contributed by atoms with Crippen LogP contribution in [0.2, 0.25) is 0 Å². The van der Waals surface area contributed by atoms with E-state index in [4.69, 9.17) is 10.8 Å². The molecule has 1 rings (SSSR count). The molecule has 0 radical (unpaired) electrons. The Bertz CT molecular complexity index is 282. The fraction of sp³-hybridized carbons (Fsp3) is 0.500. The van der Waals surface area contributed by atoms with E-state index in [-0.39, 0.29) is 6.61 Å². The van der Waals surface area contributed by atoms with Crippen LogP contribution in [0.1, 0.15) is 19.4 Å². The number of hydrogen-bond donors (Lipinski definition) is 2. The molecule has 0 saturated carbocycles. The van der Waals surface area contributed by atoms with Crippen LogP contribution in [-0.2, 0) is 6.54 Å². The fourth-order valence-corrected chi connectivity index (χ4v) is 1.62. The molecule has 3 nitrogen and oxygen atoms in total. The summed E-state index contributed by atoms with van der Waals surface area (Å²) in [5, 5.41) is 8.99. The molecule has 3 heteroatoms. The summed E-state index contributed by atoms with van der Waals surface area (Å²) in [6.45, 7) is 5.65. The van der Waals surface area contributed by atoms with Gasteiger partial charge in [0, 0.05) is 24.8 Å². The Balaban J connectivity index is 2.81. The minimum Gasteiger partial charge on any atom is -0.395 e. The van der Waals surface area contributed by atoms with Gasteiger partial charge >= 0.3 is 0 Å². The normalized spacial score (nSPS) is 10.7. The van der Waals surface area contributed by atoms with Crippen molar-refractivity contribution in [3.8, 4) is 0 Å². The van der Waals surface area contributed by atoms with Crippen molar-refractivity contribution in [2.45, 2.75) is 26.4 Å². The van der Waals surface area contributed by atoms with Crippen molar-refractivity contribution >= 4 is 5.69 Å². The SMILES string of the molecule is CC(C)N(CCO)c1ccc(CN)cc1. The van der Waals surface area contributed by atoms with Crippen LogP contribution in [-0.4, -0.2) is 24.3 Å². The van der Waals surface area contributed by atoms with E-state index in [1.807, 2.05) is 12.1 Å². The second-order valence-electron chi connectivity index (χ2n) is 3.88. The number of rotatable bonds is 5. The average Bonchev–Trinajstić information content (AvgIpc) is 2.26. The van der Waals surface area contributed by atoms with Crippen LogP contribution in [0, 0.1) is 0 Å². The zero-order chi connectivity index (χ0) is 11.3. The molecule has 0 unspecified atom stereocenters. The molecule has 0 atom stereocenters. The molecule has 0 bridgehead atoms. The molecule has 0 aliphatic heterocycles. The van der Waals surface area contributed by atoms with Crippen LogP contribution in [0.4, 0.5) is 5.69 Å². The maximum Gasteiger partial charge on any atom is 0.0606 e. The highest BCUT2D eigenvalue weighted by atomic mass is 16.3. The van der Waals surface area contributed by atoms with Crippen molar-refractivity contribution in [3.05, 3.63) is 29.8 Å². The molecule has 15 heavy (non-hydrogen) atoms. The predicted octanol–water partition coefficient (Wildman–Crippen LogP) is 1.35. The highest BCUT2D eigenvalue weighted by Crippen LogP contribution is 2.17. The van der Waals surface area contributed by atoms with E-state index in [1.54, 1.807) is 0 Å². The Kier molecular flexibility index (Phi) is 4.59. The van der Waals surface area contributed by atoms with Crippen molar-refractivity contribution in [3.63, 3.8) is 0 Å². The lowest BCUT2D eigenvalue weighted by Crippen LogP contribution is -2.33. The Morgan fingerprint density at radius 2 is 1.87 bits per heavy atom. The van der Waals surface area contributed by atoms with Crippen LogP contribution in [0.15, 0.2) is 24.3 Å². The van der Waals surface area contributed by atoms with Gasteiger partial charge in [-0.15, -0.1) is 0 Å². The van der Waals surface area contributed by atoms with Gasteiger partial charge in [-0.05, 0) is 31.5 Å². The monoisotopic (exact) mass is 208 g/mol. The first kappa shape index (κ1) is 12.0. The Labute approximate surface area is 91.5 Å². The van der Waals surface area contributed by atoms with E-state index >= 15 is 0 Å². The largest absolute Gasteiger partial charge is 0.395 e. The first-order chi connectivity index (χ1) is 7.19. The van der Waals surface area contributed by atoms with Gasteiger partial charge in [-0.2, -0.15) is 0 Å². The van der Waals surface area contributed by atoms with Crippen LogP contribution >= 0.6 is 0 Å². The fourth-order valence-electron chi connectivity index (χ4n) is 1.62. The van der Waals surface area contributed by atoms with Crippen molar-refractivity contribution in [2.24, 2.45) is 5.73 Å². The smallest absolute Gasteiger partial charge is 0.0606 e. The van der Waals surface area contributed by atoms with Crippen molar-refractivity contribution < 1.29 is 5.11 Å². The van der Waals surface area contributed by atoms with E-state index in [9.17, 15) is 0 Å². The van der Waals surface area contributed by atoms with Gasteiger partial charge in [0.2, 0.25) is 0 Å². The maximum absolute atomic E-state index is 8.99. The van der Waals surface area contributed by atoms with Crippen molar-refractivity contribution in [2.75, 3.05) is 18.1 Å². The molecule has 84 valence electrons. The van der Waals surface area contributed by atoms with Gasteiger partial charge in [0.15, 0.2) is 0 Å². The molecule has 1 aromatic rings. The lowest BCUT2D eigenvalue weighted by Gasteiger charge is -2.28. The average molecular weight is 208 g/mol. The number of nitrogens with two attached hydrogens (primary N) is 1. The molecule has 0 aromatic heterocycles. The second kappa shape index (κ2) is 5.73. The van der Waals surface area contributed by atoms with E-state index in [0.29, 0.717) is 19.1 Å². The molecule has 0 aliphatic carbocycles. The third kappa shape index (κ3) is 3.22. The first-order valence-corrected chi connectivity index (χ1v) is 5.35. The molecule has 0 heterocycles. The van der Waals surface area contributed by atoms with Crippen LogP contribution in [0.3, 0.4) is 0 Å². The third-order valence-electron chi connectivity index (χ3n) is 2.47. The minimum atomic E-state index is 0.177. The van der Waals surface area contributed by atoms with Gasteiger partial charge in [-0.1, -0.05) is 12.1 Å². The van der Waals surface area contributed by atoms with Gasteiger partial charge in [-0.25, -0.2) is 0 Å². The zero-order valence-corrected chi connectivity index (χ0v) is 9.48. The Morgan fingerprint density at radius 1 is 1.27 bits per heavy atom. The molecule has 3 N–H and O–H groups in total. The van der Waals surface area contributed by atoms with Gasteiger partial charge < -0.3 is 15.7 Å². The lowest BCUT2D eigenvalue weighted by molar-refractivity contribution is 0.299. The zero-order valence-electron chi connectivity index (χ0n) is 9.48. The summed E-state index contributed by atoms with van der Waals surface area (Å²) >= 11 is 0. The first-order valence-electron chi connectivity index (χ1n) is 5.35. The van der Waals surface area contributed by atoms with Gasteiger partial charge in [-0.3, -0.25) is 0 Å². The molecule has 0 fully saturated rings. The number of benzene rings is 1. The summed E-state index contributed by atoms with van der Waals surface area (Å²) in [5.41, 5.74) is 7.81. The molecule has 0 amide bonds. The molecule has 0 saturated heterocycles. The Morgan fingerprint density at radius 3 is 2.27 bits per heavy atom. The summed E-state index contributed by atoms with van der Waals surface area (Å²) in [4.78, 5) is 2.17. The number of hydrogen-bond acceptors (Lipinski definition) is 3. The van der Waals surface area contributed by atoms with Crippen LogP contribution < -0.4 is 10.6 Å². The standard InChI is InChI=1S/C12H20N2O/c1-10(2)14(7-8-15)12-5-3-11(9-13)4-6-12/h3-6,10,15H,7-9,13H2,1-2H3. The molecular formula is C12H20N2O. The highest BCUT2D eigenvalue weighted by molar-refractivity contribution is 5.48. The molecule has 1 aromatic carbocycles. The topological polar surface area (TPSA) is 49.5 Å². The van der Waals surface area contributed by atoms with Gasteiger partial charge in [0.05, 0.1) is 6.61 Å². The number of aliphatic hydroxyl groups is 1. The quantitative estimate of drug-likeness (QED) is 0.768. The van der Waals surface area contributed by atoms with E-state index < -0.39 is 0 Å².